The first-order chi connectivity index (χ1) is 15.0. The molecule has 0 saturated carbocycles. The highest BCUT2D eigenvalue weighted by molar-refractivity contribution is 7.20. The van der Waals surface area contributed by atoms with Crippen molar-refractivity contribution in [3.63, 3.8) is 0 Å². The molecule has 156 valence electrons. The molecule has 0 spiro atoms. The van der Waals surface area contributed by atoms with Crippen molar-refractivity contribution in [2.45, 2.75) is 38.8 Å². The van der Waals surface area contributed by atoms with Gasteiger partial charge in [-0.15, -0.1) is 11.3 Å². The Kier molecular flexibility index (Phi) is 4.74. The molecule has 1 N–H and O–H groups in total. The zero-order valence-electron chi connectivity index (χ0n) is 17.5. The Morgan fingerprint density at radius 3 is 2.29 bits per heavy atom. The topological polar surface area (TPSA) is 64.0 Å². The molecule has 2 aromatic carbocycles. The van der Waals surface area contributed by atoms with Crippen LogP contribution in [0.25, 0.3) is 10.2 Å². The Balaban J connectivity index is 1.60. The highest BCUT2D eigenvalue weighted by Gasteiger charge is 2.32. The fraction of sp³-hybridized carbons (Fsp3) is 0.240. The Morgan fingerprint density at radius 1 is 1.06 bits per heavy atom. The third kappa shape index (κ3) is 3.18. The molecular weight excluding hydrogens is 406 g/mol. The van der Waals surface area contributed by atoms with Crippen LogP contribution < -0.4 is 10.9 Å². The second-order valence-electron chi connectivity index (χ2n) is 8.14. The fourth-order valence-electron chi connectivity index (χ4n) is 4.43. The summed E-state index contributed by atoms with van der Waals surface area (Å²) >= 11 is 1.31. The zero-order chi connectivity index (χ0) is 21.6. The molecule has 3 heterocycles. The average Bonchev–Trinajstić information content (AvgIpc) is 3.40. The predicted molar refractivity (Wildman–Crippen MR) is 124 cm³/mol. The molecule has 5 rings (SSSR count). The minimum Gasteiger partial charge on any atom is -0.338 e. The SMILES string of the molecule is Cc1c(C(=O)NC(C)(c2ccccc2)c2ccccc2)sc2nc3n(c(=O)c12)CCC3. The summed E-state index contributed by atoms with van der Waals surface area (Å²) < 4.78 is 1.75. The van der Waals surface area contributed by atoms with Gasteiger partial charge in [0, 0.05) is 13.0 Å². The second kappa shape index (κ2) is 7.46. The molecule has 0 saturated heterocycles. The lowest BCUT2D eigenvalue weighted by atomic mass is 9.84. The van der Waals surface area contributed by atoms with E-state index in [9.17, 15) is 9.59 Å². The van der Waals surface area contributed by atoms with Gasteiger partial charge in [-0.05, 0) is 37.0 Å². The van der Waals surface area contributed by atoms with E-state index in [0.717, 1.165) is 29.8 Å². The van der Waals surface area contributed by atoms with E-state index >= 15 is 0 Å². The Labute approximate surface area is 184 Å². The van der Waals surface area contributed by atoms with Crippen LogP contribution in [0.1, 0.15) is 45.5 Å². The zero-order valence-corrected chi connectivity index (χ0v) is 18.3. The molecule has 0 radical (unpaired) electrons. The van der Waals surface area contributed by atoms with Crippen molar-refractivity contribution in [2.75, 3.05) is 0 Å². The summed E-state index contributed by atoms with van der Waals surface area (Å²) in [6.07, 6.45) is 1.75. The molecule has 1 aliphatic rings. The van der Waals surface area contributed by atoms with Crippen molar-refractivity contribution in [1.29, 1.82) is 0 Å². The maximum atomic E-state index is 13.5. The van der Waals surface area contributed by atoms with Gasteiger partial charge in [-0.25, -0.2) is 4.98 Å². The lowest BCUT2D eigenvalue weighted by Gasteiger charge is -2.32. The van der Waals surface area contributed by atoms with E-state index < -0.39 is 5.54 Å². The Hall–Kier alpha value is -3.25. The molecule has 0 atom stereocenters. The molecule has 2 aromatic heterocycles. The largest absolute Gasteiger partial charge is 0.338 e. The average molecular weight is 430 g/mol. The highest BCUT2D eigenvalue weighted by atomic mass is 32.1. The molecule has 0 bridgehead atoms. The molecule has 31 heavy (non-hydrogen) atoms. The van der Waals surface area contributed by atoms with E-state index in [1.807, 2.05) is 74.5 Å². The van der Waals surface area contributed by atoms with Crippen molar-refractivity contribution in [3.8, 4) is 0 Å². The van der Waals surface area contributed by atoms with Gasteiger partial charge in [-0.3, -0.25) is 14.2 Å². The Morgan fingerprint density at radius 2 is 1.68 bits per heavy atom. The second-order valence-corrected chi connectivity index (χ2v) is 9.13. The molecule has 1 amide bonds. The van der Waals surface area contributed by atoms with E-state index in [-0.39, 0.29) is 11.5 Å². The summed E-state index contributed by atoms with van der Waals surface area (Å²) in [5.74, 6) is 0.629. The van der Waals surface area contributed by atoms with Crippen LogP contribution in [0.15, 0.2) is 65.5 Å². The van der Waals surface area contributed by atoms with Gasteiger partial charge in [0.2, 0.25) is 0 Å². The van der Waals surface area contributed by atoms with Crippen LogP contribution in [0.3, 0.4) is 0 Å². The lowest BCUT2D eigenvalue weighted by molar-refractivity contribution is 0.0922. The summed E-state index contributed by atoms with van der Waals surface area (Å²) in [6, 6.07) is 19.9. The number of aryl methyl sites for hydroxylation is 2. The number of rotatable bonds is 4. The van der Waals surface area contributed by atoms with Gasteiger partial charge < -0.3 is 5.32 Å². The number of hydrogen-bond acceptors (Lipinski definition) is 4. The van der Waals surface area contributed by atoms with Crippen LogP contribution in [0.2, 0.25) is 0 Å². The number of carbonyl (C=O) groups excluding carboxylic acids is 1. The third-order valence-electron chi connectivity index (χ3n) is 6.18. The van der Waals surface area contributed by atoms with E-state index in [1.54, 1.807) is 4.57 Å². The summed E-state index contributed by atoms with van der Waals surface area (Å²) in [5, 5.41) is 3.83. The first-order valence-corrected chi connectivity index (χ1v) is 11.3. The highest BCUT2D eigenvalue weighted by Crippen LogP contribution is 2.33. The van der Waals surface area contributed by atoms with Crippen molar-refractivity contribution in [2.24, 2.45) is 0 Å². The smallest absolute Gasteiger partial charge is 0.262 e. The lowest BCUT2D eigenvalue weighted by Crippen LogP contribution is -2.44. The van der Waals surface area contributed by atoms with E-state index in [1.165, 1.54) is 11.3 Å². The molecule has 5 nitrogen and oxygen atoms in total. The number of carbonyl (C=O) groups is 1. The van der Waals surface area contributed by atoms with Crippen LogP contribution in [-0.4, -0.2) is 15.5 Å². The van der Waals surface area contributed by atoms with E-state index in [0.29, 0.717) is 27.2 Å². The van der Waals surface area contributed by atoms with Gasteiger partial charge in [0.05, 0.1) is 15.8 Å². The van der Waals surface area contributed by atoms with Crippen molar-refractivity contribution in [3.05, 3.63) is 98.4 Å². The van der Waals surface area contributed by atoms with Crippen molar-refractivity contribution >= 4 is 27.5 Å². The standard InChI is InChI=1S/C25H23N3O2S/c1-16-20-23(26-19-14-9-15-28(19)24(20)30)31-21(16)22(29)27-25(2,17-10-5-3-6-11-17)18-12-7-4-8-13-18/h3-8,10-13H,9,14-15H2,1-2H3,(H,27,29). The van der Waals surface area contributed by atoms with Crippen molar-refractivity contribution < 1.29 is 4.79 Å². The van der Waals surface area contributed by atoms with E-state index in [4.69, 9.17) is 4.98 Å². The summed E-state index contributed by atoms with van der Waals surface area (Å²) in [6.45, 7) is 4.56. The normalized spacial score (nSPS) is 13.4. The molecule has 0 fully saturated rings. The first-order valence-electron chi connectivity index (χ1n) is 10.5. The molecule has 1 aliphatic heterocycles. The summed E-state index contributed by atoms with van der Waals surface area (Å²) in [4.78, 5) is 32.4. The monoisotopic (exact) mass is 429 g/mol. The molecule has 0 aliphatic carbocycles. The maximum absolute atomic E-state index is 13.5. The number of amides is 1. The predicted octanol–water partition coefficient (Wildman–Crippen LogP) is 4.41. The summed E-state index contributed by atoms with van der Waals surface area (Å²) in [7, 11) is 0. The fourth-order valence-corrected chi connectivity index (χ4v) is 5.52. The van der Waals surface area contributed by atoms with Gasteiger partial charge in [0.25, 0.3) is 11.5 Å². The molecule has 0 unspecified atom stereocenters. The van der Waals surface area contributed by atoms with Crippen LogP contribution in [-0.2, 0) is 18.5 Å². The van der Waals surface area contributed by atoms with Crippen LogP contribution in [0.4, 0.5) is 0 Å². The van der Waals surface area contributed by atoms with Crippen LogP contribution >= 0.6 is 11.3 Å². The maximum Gasteiger partial charge on any atom is 0.262 e. The number of aromatic nitrogens is 2. The minimum atomic E-state index is -0.716. The molecular formula is C25H23N3O2S. The van der Waals surface area contributed by atoms with Gasteiger partial charge >= 0.3 is 0 Å². The summed E-state index contributed by atoms with van der Waals surface area (Å²) in [5.41, 5.74) is 1.95. The quantitative estimate of drug-likeness (QED) is 0.523. The minimum absolute atomic E-state index is 0.0285. The number of thiophene rings is 1. The van der Waals surface area contributed by atoms with Crippen molar-refractivity contribution in [1.82, 2.24) is 14.9 Å². The first kappa shape index (κ1) is 19.7. The van der Waals surface area contributed by atoms with Crippen LogP contribution in [0.5, 0.6) is 0 Å². The van der Waals surface area contributed by atoms with Gasteiger partial charge in [-0.2, -0.15) is 0 Å². The van der Waals surface area contributed by atoms with Gasteiger partial charge in [-0.1, -0.05) is 60.7 Å². The number of hydrogen-bond donors (Lipinski definition) is 1. The number of nitrogens with zero attached hydrogens (tertiary/aromatic N) is 2. The van der Waals surface area contributed by atoms with Gasteiger partial charge in [0.1, 0.15) is 10.7 Å². The molecule has 4 aromatic rings. The number of nitrogens with one attached hydrogen (secondary N) is 1. The van der Waals surface area contributed by atoms with Gasteiger partial charge in [0.15, 0.2) is 0 Å². The van der Waals surface area contributed by atoms with Crippen LogP contribution in [0, 0.1) is 6.92 Å². The third-order valence-corrected chi connectivity index (χ3v) is 7.37. The van der Waals surface area contributed by atoms with E-state index in [2.05, 4.69) is 5.32 Å². The number of fused-ring (bicyclic) bond motifs is 2. The Bertz CT molecular complexity index is 1300. The molecule has 6 heteroatoms. The number of benzene rings is 2.